The first kappa shape index (κ1) is 9.06. The van der Waals surface area contributed by atoms with Crippen LogP contribution in [0.1, 0.15) is 18.9 Å². The molecule has 74 valence electrons. The van der Waals surface area contributed by atoms with E-state index in [0.717, 1.165) is 17.8 Å². The molecule has 3 nitrogen and oxygen atoms in total. The van der Waals surface area contributed by atoms with Gasteiger partial charge in [-0.1, -0.05) is 13.0 Å². The van der Waals surface area contributed by atoms with Crippen molar-refractivity contribution >= 4 is 17.3 Å². The Bertz CT molecular complexity index is 374. The summed E-state index contributed by atoms with van der Waals surface area (Å²) in [6.45, 7) is 4.04. The molecule has 1 heterocycles. The molecule has 2 rings (SSSR count). The molecule has 0 saturated heterocycles. The SMILES string of the molecule is CCC1Nc2cc(C)ccc2NC1=O. The maximum absolute atomic E-state index is 11.5. The molecule has 0 bridgehead atoms. The molecular weight excluding hydrogens is 176 g/mol. The van der Waals surface area contributed by atoms with E-state index in [0.29, 0.717) is 0 Å². The monoisotopic (exact) mass is 190 g/mol. The molecule has 0 aromatic heterocycles. The molecular formula is C11H14N2O. The summed E-state index contributed by atoms with van der Waals surface area (Å²) in [5, 5.41) is 6.11. The summed E-state index contributed by atoms with van der Waals surface area (Å²) in [5.74, 6) is 0.0591. The van der Waals surface area contributed by atoms with Crippen molar-refractivity contribution in [2.45, 2.75) is 26.3 Å². The van der Waals surface area contributed by atoms with Gasteiger partial charge < -0.3 is 10.6 Å². The third kappa shape index (κ3) is 1.45. The zero-order valence-corrected chi connectivity index (χ0v) is 8.42. The molecule has 3 heteroatoms. The fraction of sp³-hybridized carbons (Fsp3) is 0.364. The lowest BCUT2D eigenvalue weighted by atomic mass is 10.1. The van der Waals surface area contributed by atoms with E-state index in [9.17, 15) is 4.79 Å². The van der Waals surface area contributed by atoms with Crippen molar-refractivity contribution in [2.75, 3.05) is 10.6 Å². The number of amides is 1. The molecule has 0 aliphatic carbocycles. The minimum Gasteiger partial charge on any atom is -0.372 e. The second-order valence-corrected chi connectivity index (χ2v) is 3.64. The van der Waals surface area contributed by atoms with E-state index >= 15 is 0 Å². The van der Waals surface area contributed by atoms with Gasteiger partial charge in [-0.15, -0.1) is 0 Å². The van der Waals surface area contributed by atoms with Gasteiger partial charge >= 0.3 is 0 Å². The molecule has 1 atom stereocenters. The maximum atomic E-state index is 11.5. The molecule has 0 fully saturated rings. The number of nitrogens with one attached hydrogen (secondary N) is 2. The Hall–Kier alpha value is -1.51. The van der Waals surface area contributed by atoms with Gasteiger partial charge in [0, 0.05) is 0 Å². The second-order valence-electron chi connectivity index (χ2n) is 3.64. The maximum Gasteiger partial charge on any atom is 0.246 e. The van der Waals surface area contributed by atoms with E-state index in [2.05, 4.69) is 16.7 Å². The Morgan fingerprint density at radius 1 is 1.36 bits per heavy atom. The lowest BCUT2D eigenvalue weighted by molar-refractivity contribution is -0.117. The fourth-order valence-electron chi connectivity index (χ4n) is 1.65. The quantitative estimate of drug-likeness (QED) is 0.712. The fourth-order valence-corrected chi connectivity index (χ4v) is 1.65. The Morgan fingerprint density at radius 2 is 2.14 bits per heavy atom. The third-order valence-electron chi connectivity index (χ3n) is 2.49. The van der Waals surface area contributed by atoms with Gasteiger partial charge in [0.1, 0.15) is 6.04 Å². The van der Waals surface area contributed by atoms with Gasteiger partial charge in [0.15, 0.2) is 0 Å². The molecule has 0 radical (unpaired) electrons. The molecule has 14 heavy (non-hydrogen) atoms. The summed E-state index contributed by atoms with van der Waals surface area (Å²) < 4.78 is 0. The molecule has 2 N–H and O–H groups in total. The highest BCUT2D eigenvalue weighted by molar-refractivity contribution is 6.02. The molecule has 1 unspecified atom stereocenters. The molecule has 1 amide bonds. The van der Waals surface area contributed by atoms with Crippen LogP contribution in [-0.2, 0) is 4.79 Å². The molecule has 1 aliphatic heterocycles. The van der Waals surface area contributed by atoms with Crippen molar-refractivity contribution in [3.8, 4) is 0 Å². The molecule has 1 aromatic rings. The van der Waals surface area contributed by atoms with Crippen molar-refractivity contribution < 1.29 is 4.79 Å². The second kappa shape index (κ2) is 3.33. The first-order chi connectivity index (χ1) is 6.70. The Labute approximate surface area is 83.5 Å². The van der Waals surface area contributed by atoms with Crippen molar-refractivity contribution in [2.24, 2.45) is 0 Å². The van der Waals surface area contributed by atoms with E-state index in [4.69, 9.17) is 0 Å². The minimum atomic E-state index is -0.0932. The van der Waals surface area contributed by atoms with Crippen LogP contribution in [-0.4, -0.2) is 11.9 Å². The average Bonchev–Trinajstić information content (AvgIpc) is 2.17. The highest BCUT2D eigenvalue weighted by Gasteiger charge is 2.23. The zero-order valence-electron chi connectivity index (χ0n) is 8.42. The molecule has 0 spiro atoms. The minimum absolute atomic E-state index is 0.0591. The van der Waals surface area contributed by atoms with Crippen LogP contribution < -0.4 is 10.6 Å². The number of benzene rings is 1. The van der Waals surface area contributed by atoms with Gasteiger partial charge in [-0.25, -0.2) is 0 Å². The van der Waals surface area contributed by atoms with Crippen molar-refractivity contribution in [3.05, 3.63) is 23.8 Å². The summed E-state index contributed by atoms with van der Waals surface area (Å²) in [5.41, 5.74) is 3.10. The van der Waals surface area contributed by atoms with Gasteiger partial charge in [-0.05, 0) is 31.0 Å². The Balaban J connectivity index is 2.36. The number of anilines is 2. The van der Waals surface area contributed by atoms with Crippen LogP contribution in [0.2, 0.25) is 0 Å². The molecule has 1 aliphatic rings. The van der Waals surface area contributed by atoms with E-state index < -0.39 is 0 Å². The van der Waals surface area contributed by atoms with Gasteiger partial charge in [0.2, 0.25) is 5.91 Å². The average molecular weight is 190 g/mol. The van der Waals surface area contributed by atoms with Gasteiger partial charge in [0.05, 0.1) is 11.4 Å². The highest BCUT2D eigenvalue weighted by atomic mass is 16.2. The third-order valence-corrected chi connectivity index (χ3v) is 2.49. The van der Waals surface area contributed by atoms with E-state index in [1.807, 2.05) is 26.0 Å². The zero-order chi connectivity index (χ0) is 10.1. The smallest absolute Gasteiger partial charge is 0.246 e. The summed E-state index contributed by atoms with van der Waals surface area (Å²) in [7, 11) is 0. The molecule has 1 aromatic carbocycles. The summed E-state index contributed by atoms with van der Waals surface area (Å²) in [6, 6.07) is 5.88. The van der Waals surface area contributed by atoms with Crippen molar-refractivity contribution in [3.63, 3.8) is 0 Å². The van der Waals surface area contributed by atoms with E-state index in [1.54, 1.807) is 0 Å². The number of hydrogen-bond acceptors (Lipinski definition) is 2. The van der Waals surface area contributed by atoms with Gasteiger partial charge in [-0.2, -0.15) is 0 Å². The first-order valence-corrected chi connectivity index (χ1v) is 4.88. The van der Waals surface area contributed by atoms with Gasteiger partial charge in [-0.3, -0.25) is 4.79 Å². The standard InChI is InChI=1S/C11H14N2O/c1-3-8-11(14)13-9-5-4-7(2)6-10(9)12-8/h4-6,8,12H,3H2,1-2H3,(H,13,14). The van der Waals surface area contributed by atoms with E-state index in [1.165, 1.54) is 5.56 Å². The Kier molecular flexibility index (Phi) is 2.15. The van der Waals surface area contributed by atoms with Crippen LogP contribution >= 0.6 is 0 Å². The number of fused-ring (bicyclic) bond motifs is 1. The number of hydrogen-bond donors (Lipinski definition) is 2. The topological polar surface area (TPSA) is 41.1 Å². The van der Waals surface area contributed by atoms with Crippen LogP contribution in [0.25, 0.3) is 0 Å². The van der Waals surface area contributed by atoms with Crippen LogP contribution in [0, 0.1) is 6.92 Å². The lowest BCUT2D eigenvalue weighted by Crippen LogP contribution is -2.38. The number of rotatable bonds is 1. The van der Waals surface area contributed by atoms with E-state index in [-0.39, 0.29) is 11.9 Å². The highest BCUT2D eigenvalue weighted by Crippen LogP contribution is 2.27. The largest absolute Gasteiger partial charge is 0.372 e. The van der Waals surface area contributed by atoms with Crippen LogP contribution in [0.3, 0.4) is 0 Å². The number of carbonyl (C=O) groups is 1. The van der Waals surface area contributed by atoms with Gasteiger partial charge in [0.25, 0.3) is 0 Å². The van der Waals surface area contributed by atoms with Crippen molar-refractivity contribution in [1.29, 1.82) is 0 Å². The first-order valence-electron chi connectivity index (χ1n) is 4.88. The predicted molar refractivity (Wildman–Crippen MR) is 57.5 cm³/mol. The summed E-state index contributed by atoms with van der Waals surface area (Å²) in [6.07, 6.45) is 0.805. The lowest BCUT2D eigenvalue weighted by Gasteiger charge is -2.26. The van der Waals surface area contributed by atoms with Crippen LogP contribution in [0.4, 0.5) is 11.4 Å². The predicted octanol–water partition coefficient (Wildman–Crippen LogP) is 2.14. The van der Waals surface area contributed by atoms with Crippen LogP contribution in [0.15, 0.2) is 18.2 Å². The number of carbonyl (C=O) groups excluding carboxylic acids is 1. The Morgan fingerprint density at radius 3 is 2.86 bits per heavy atom. The summed E-state index contributed by atoms with van der Waals surface area (Å²) in [4.78, 5) is 11.5. The molecule has 0 saturated carbocycles. The normalized spacial score (nSPS) is 19.6. The van der Waals surface area contributed by atoms with Crippen LogP contribution in [0.5, 0.6) is 0 Å². The summed E-state index contributed by atoms with van der Waals surface area (Å²) >= 11 is 0. The number of aryl methyl sites for hydroxylation is 1. The van der Waals surface area contributed by atoms with Crippen molar-refractivity contribution in [1.82, 2.24) is 0 Å².